The number of pyridine rings is 1. The molecule has 1 aromatic rings. The number of hydrogen-bond acceptors (Lipinski definition) is 4. The van der Waals surface area contributed by atoms with Crippen LogP contribution in [-0.2, 0) is 9.59 Å². The van der Waals surface area contributed by atoms with Gasteiger partial charge in [-0.3, -0.25) is 14.6 Å². The Morgan fingerprint density at radius 3 is 2.86 bits per heavy atom. The molecule has 6 nitrogen and oxygen atoms in total. The van der Waals surface area contributed by atoms with Gasteiger partial charge in [-0.25, -0.2) is 0 Å². The van der Waals surface area contributed by atoms with Crippen LogP contribution in [0.25, 0.3) is 0 Å². The molecule has 120 valence electrons. The molecule has 1 fully saturated rings. The average molecular weight is 370 g/mol. The van der Waals surface area contributed by atoms with Crippen molar-refractivity contribution in [1.29, 1.82) is 0 Å². The molecule has 0 bridgehead atoms. The second-order valence-corrected chi connectivity index (χ2v) is 6.46. The fourth-order valence-electron chi connectivity index (χ4n) is 2.58. The van der Waals surface area contributed by atoms with Crippen molar-refractivity contribution in [3.63, 3.8) is 0 Å². The molecule has 0 aromatic carbocycles. The van der Waals surface area contributed by atoms with E-state index in [0.717, 1.165) is 36.1 Å². The summed E-state index contributed by atoms with van der Waals surface area (Å²) in [5.74, 6) is -1.31. The first-order chi connectivity index (χ1) is 10.5. The summed E-state index contributed by atoms with van der Waals surface area (Å²) in [5, 5.41) is 11.4. The van der Waals surface area contributed by atoms with E-state index in [9.17, 15) is 9.59 Å². The predicted octanol–water partition coefficient (Wildman–Crippen LogP) is 2.04. The average Bonchev–Trinajstić information content (AvgIpc) is 2.73. The highest BCUT2D eigenvalue weighted by Gasteiger charge is 2.25. The first kappa shape index (κ1) is 16.7. The third-order valence-electron chi connectivity index (χ3n) is 3.88. The molecule has 1 aromatic heterocycles. The second kappa shape index (κ2) is 7.58. The molecule has 1 saturated heterocycles. The van der Waals surface area contributed by atoms with Crippen LogP contribution in [0.5, 0.6) is 0 Å². The molecule has 1 amide bonds. The van der Waals surface area contributed by atoms with Crippen LogP contribution >= 0.6 is 15.9 Å². The van der Waals surface area contributed by atoms with Crippen molar-refractivity contribution < 1.29 is 14.7 Å². The number of carbonyl (C=O) groups excluding carboxylic acids is 1. The van der Waals surface area contributed by atoms with Crippen molar-refractivity contribution in [2.45, 2.75) is 32.2 Å². The molecule has 2 rings (SSSR count). The molecule has 22 heavy (non-hydrogen) atoms. The van der Waals surface area contributed by atoms with E-state index in [1.807, 2.05) is 12.3 Å². The number of rotatable bonds is 4. The molecule has 2 atom stereocenters. The monoisotopic (exact) mass is 369 g/mol. The second-order valence-electron chi connectivity index (χ2n) is 5.54. The highest BCUT2D eigenvalue weighted by Crippen LogP contribution is 2.24. The molecule has 0 spiro atoms. The van der Waals surface area contributed by atoms with E-state index in [4.69, 9.17) is 5.11 Å². The third kappa shape index (κ3) is 4.43. The van der Waals surface area contributed by atoms with Crippen LogP contribution in [0.3, 0.4) is 0 Å². The Morgan fingerprint density at radius 2 is 2.18 bits per heavy atom. The number of carbonyl (C=O) groups is 2. The molecule has 0 radical (unpaired) electrons. The van der Waals surface area contributed by atoms with E-state index in [2.05, 4.69) is 31.1 Å². The van der Waals surface area contributed by atoms with Gasteiger partial charge in [0.2, 0.25) is 5.91 Å². The largest absolute Gasteiger partial charge is 0.480 e. The fraction of sp³-hybridized carbons (Fsp3) is 0.533. The number of nitrogens with zero attached hydrogens (tertiary/aromatic N) is 2. The fourth-order valence-corrected chi connectivity index (χ4v) is 2.94. The summed E-state index contributed by atoms with van der Waals surface area (Å²) in [4.78, 5) is 29.4. The van der Waals surface area contributed by atoms with Gasteiger partial charge in [-0.2, -0.15) is 0 Å². The van der Waals surface area contributed by atoms with E-state index >= 15 is 0 Å². The van der Waals surface area contributed by atoms with E-state index in [-0.39, 0.29) is 11.8 Å². The SMILES string of the molecule is CC(NC(=O)C1CCCN(c2cncc(Br)c2)CC1)C(=O)O. The van der Waals surface area contributed by atoms with Gasteiger partial charge in [-0.1, -0.05) is 0 Å². The van der Waals surface area contributed by atoms with Gasteiger partial charge >= 0.3 is 5.97 Å². The minimum atomic E-state index is -1.01. The maximum absolute atomic E-state index is 12.2. The number of aromatic nitrogens is 1. The molecular weight excluding hydrogens is 350 g/mol. The lowest BCUT2D eigenvalue weighted by Crippen LogP contribution is -2.41. The van der Waals surface area contributed by atoms with E-state index < -0.39 is 12.0 Å². The van der Waals surface area contributed by atoms with Gasteiger partial charge in [0.15, 0.2) is 0 Å². The molecule has 0 saturated carbocycles. The molecule has 7 heteroatoms. The number of aliphatic carboxylic acids is 1. The lowest BCUT2D eigenvalue weighted by atomic mass is 9.99. The minimum Gasteiger partial charge on any atom is -0.480 e. The zero-order chi connectivity index (χ0) is 16.1. The van der Waals surface area contributed by atoms with Crippen LogP contribution in [-0.4, -0.2) is 41.1 Å². The van der Waals surface area contributed by atoms with Gasteiger partial charge in [-0.15, -0.1) is 0 Å². The van der Waals surface area contributed by atoms with Crippen molar-refractivity contribution in [2.75, 3.05) is 18.0 Å². The molecule has 2 heterocycles. The highest BCUT2D eigenvalue weighted by atomic mass is 79.9. The summed E-state index contributed by atoms with van der Waals surface area (Å²) in [5.41, 5.74) is 1.04. The number of hydrogen-bond donors (Lipinski definition) is 2. The van der Waals surface area contributed by atoms with Crippen LogP contribution in [0.15, 0.2) is 22.9 Å². The number of halogens is 1. The standard InChI is InChI=1S/C15H20BrN3O3/c1-10(15(21)22)18-14(20)11-3-2-5-19(6-4-11)13-7-12(16)8-17-9-13/h7-11H,2-6H2,1H3,(H,18,20)(H,21,22). The molecule has 2 N–H and O–H groups in total. The van der Waals surface area contributed by atoms with Gasteiger partial charge in [0.05, 0.1) is 11.9 Å². The number of nitrogens with one attached hydrogen (secondary N) is 1. The van der Waals surface area contributed by atoms with Gasteiger partial charge in [0, 0.05) is 29.7 Å². The number of carboxylic acids is 1. The van der Waals surface area contributed by atoms with Gasteiger partial charge in [0.1, 0.15) is 6.04 Å². The Labute approximate surface area is 138 Å². The van der Waals surface area contributed by atoms with Gasteiger partial charge < -0.3 is 15.3 Å². The summed E-state index contributed by atoms with van der Waals surface area (Å²) < 4.78 is 0.929. The van der Waals surface area contributed by atoms with E-state index in [1.165, 1.54) is 6.92 Å². The minimum absolute atomic E-state index is 0.132. The maximum Gasteiger partial charge on any atom is 0.325 e. The lowest BCUT2D eigenvalue weighted by Gasteiger charge is -2.22. The predicted molar refractivity (Wildman–Crippen MR) is 86.7 cm³/mol. The Hall–Kier alpha value is -1.63. The highest BCUT2D eigenvalue weighted by molar-refractivity contribution is 9.10. The molecule has 0 aliphatic carbocycles. The Balaban J connectivity index is 1.95. The first-order valence-electron chi connectivity index (χ1n) is 7.36. The van der Waals surface area contributed by atoms with Crippen LogP contribution in [0.2, 0.25) is 0 Å². The van der Waals surface area contributed by atoms with Gasteiger partial charge in [-0.05, 0) is 48.2 Å². The van der Waals surface area contributed by atoms with Crippen molar-refractivity contribution in [2.24, 2.45) is 5.92 Å². The lowest BCUT2D eigenvalue weighted by molar-refractivity contribution is -0.142. The smallest absolute Gasteiger partial charge is 0.325 e. The van der Waals surface area contributed by atoms with E-state index in [1.54, 1.807) is 6.20 Å². The van der Waals surface area contributed by atoms with Crippen LogP contribution < -0.4 is 10.2 Å². The zero-order valence-electron chi connectivity index (χ0n) is 12.5. The zero-order valence-corrected chi connectivity index (χ0v) is 14.0. The molecular formula is C15H20BrN3O3. The molecule has 2 unspecified atom stereocenters. The Kier molecular flexibility index (Phi) is 5.76. The summed E-state index contributed by atoms with van der Waals surface area (Å²) in [6, 6.07) is 1.17. The van der Waals surface area contributed by atoms with Crippen molar-refractivity contribution in [1.82, 2.24) is 10.3 Å². The van der Waals surface area contributed by atoms with Crippen LogP contribution in [0.1, 0.15) is 26.2 Å². The first-order valence-corrected chi connectivity index (χ1v) is 8.15. The van der Waals surface area contributed by atoms with E-state index in [0.29, 0.717) is 6.42 Å². The van der Waals surface area contributed by atoms with Crippen molar-refractivity contribution in [3.8, 4) is 0 Å². The Morgan fingerprint density at radius 1 is 1.41 bits per heavy atom. The van der Waals surface area contributed by atoms with Crippen LogP contribution in [0, 0.1) is 5.92 Å². The van der Waals surface area contributed by atoms with Gasteiger partial charge in [0.25, 0.3) is 0 Å². The topological polar surface area (TPSA) is 82.5 Å². The number of anilines is 1. The summed E-state index contributed by atoms with van der Waals surface area (Å²) in [6.07, 6.45) is 5.94. The number of carboxylic acid groups (broad SMARTS) is 1. The van der Waals surface area contributed by atoms with Crippen LogP contribution in [0.4, 0.5) is 5.69 Å². The quantitative estimate of drug-likeness (QED) is 0.848. The number of amides is 1. The normalized spacial score (nSPS) is 20.1. The molecule has 1 aliphatic heterocycles. The summed E-state index contributed by atoms with van der Waals surface area (Å²) >= 11 is 3.42. The maximum atomic E-state index is 12.2. The summed E-state index contributed by atoms with van der Waals surface area (Å²) in [6.45, 7) is 3.12. The third-order valence-corrected chi connectivity index (χ3v) is 4.32. The van der Waals surface area contributed by atoms with Crippen molar-refractivity contribution >= 4 is 33.5 Å². The van der Waals surface area contributed by atoms with Crippen molar-refractivity contribution in [3.05, 3.63) is 22.9 Å². The summed E-state index contributed by atoms with van der Waals surface area (Å²) in [7, 11) is 0. The molecule has 1 aliphatic rings. The Bertz CT molecular complexity index is 553.